The number of nitrogens with one attached hydrogen (secondary N) is 1. The van der Waals surface area contributed by atoms with E-state index in [-0.39, 0.29) is 18.0 Å². The fourth-order valence-electron chi connectivity index (χ4n) is 1.73. The molecule has 0 saturated heterocycles. The maximum atomic E-state index is 12.0. The van der Waals surface area contributed by atoms with Crippen molar-refractivity contribution in [1.82, 2.24) is 9.88 Å². The third-order valence-electron chi connectivity index (χ3n) is 2.97. The second kappa shape index (κ2) is 6.88. The first kappa shape index (κ1) is 15.9. The van der Waals surface area contributed by atoms with Gasteiger partial charge in [0, 0.05) is 12.2 Å². The molecule has 1 aromatic heterocycles. The van der Waals surface area contributed by atoms with Gasteiger partial charge in [-0.25, -0.2) is 4.79 Å². The molecule has 6 heteroatoms. The minimum Gasteiger partial charge on any atom is -0.477 e. The van der Waals surface area contributed by atoms with Crippen LogP contribution in [0.25, 0.3) is 0 Å². The Morgan fingerprint density at radius 1 is 1.35 bits per heavy atom. The number of carboxylic acids is 1. The quantitative estimate of drug-likeness (QED) is 0.814. The molecule has 0 spiro atoms. The summed E-state index contributed by atoms with van der Waals surface area (Å²) >= 11 is 0. The molecular formula is C14H20N2O4. The number of carbonyl (C=O) groups is 2. The number of aryl methyl sites for hydroxylation is 1. The van der Waals surface area contributed by atoms with Crippen LogP contribution in [0.2, 0.25) is 0 Å². The molecule has 2 N–H and O–H groups in total. The Kier molecular flexibility index (Phi) is 5.49. The van der Waals surface area contributed by atoms with Crippen LogP contribution >= 0.6 is 0 Å². The number of pyridine rings is 1. The lowest BCUT2D eigenvalue weighted by atomic mass is 10.1. The van der Waals surface area contributed by atoms with E-state index < -0.39 is 11.5 Å². The Morgan fingerprint density at radius 2 is 2.00 bits per heavy atom. The lowest BCUT2D eigenvalue weighted by Crippen LogP contribution is -2.35. The Labute approximate surface area is 117 Å². The summed E-state index contributed by atoms with van der Waals surface area (Å²) in [5.41, 5.74) is -0.430. The van der Waals surface area contributed by atoms with Gasteiger partial charge in [0.05, 0.1) is 0 Å². The number of hydrogen-bond acceptors (Lipinski definition) is 3. The molecule has 1 heterocycles. The van der Waals surface area contributed by atoms with Gasteiger partial charge in [0.25, 0.3) is 5.56 Å². The molecule has 1 amide bonds. The smallest absolute Gasteiger partial charge is 0.341 e. The zero-order chi connectivity index (χ0) is 15.3. The van der Waals surface area contributed by atoms with Gasteiger partial charge in [-0.15, -0.1) is 0 Å². The molecule has 0 atom stereocenters. The average Bonchev–Trinajstić information content (AvgIpc) is 2.33. The molecule has 0 radical (unpaired) electrons. The number of aromatic carboxylic acids is 1. The highest BCUT2D eigenvalue weighted by Crippen LogP contribution is 2.00. The molecule has 20 heavy (non-hydrogen) atoms. The maximum absolute atomic E-state index is 12.0. The molecule has 0 bridgehead atoms. The van der Waals surface area contributed by atoms with Crippen LogP contribution in [0.4, 0.5) is 0 Å². The highest BCUT2D eigenvalue weighted by atomic mass is 16.4. The monoisotopic (exact) mass is 280 g/mol. The molecular weight excluding hydrogens is 260 g/mol. The number of amides is 1. The van der Waals surface area contributed by atoms with E-state index >= 15 is 0 Å². The minimum atomic E-state index is -1.29. The van der Waals surface area contributed by atoms with Gasteiger partial charge >= 0.3 is 5.97 Å². The topological polar surface area (TPSA) is 88.4 Å². The van der Waals surface area contributed by atoms with Crippen LogP contribution in [-0.2, 0) is 11.3 Å². The molecule has 0 aromatic carbocycles. The SMILES string of the molecule is Cc1ccc(C(=O)O)c(=O)n1CC(=O)NCCC(C)C. The second-order valence-electron chi connectivity index (χ2n) is 5.12. The summed E-state index contributed by atoms with van der Waals surface area (Å²) in [6.07, 6.45) is 0.856. The van der Waals surface area contributed by atoms with Crippen LogP contribution in [-0.4, -0.2) is 28.1 Å². The predicted molar refractivity (Wildman–Crippen MR) is 74.9 cm³/mol. The van der Waals surface area contributed by atoms with Gasteiger partial charge in [0.2, 0.25) is 5.91 Å². The average molecular weight is 280 g/mol. The molecule has 1 aromatic rings. The normalized spacial score (nSPS) is 10.6. The van der Waals surface area contributed by atoms with Crippen molar-refractivity contribution >= 4 is 11.9 Å². The van der Waals surface area contributed by atoms with Gasteiger partial charge in [-0.05, 0) is 31.4 Å². The summed E-state index contributed by atoms with van der Waals surface area (Å²) in [6.45, 7) is 6.15. The van der Waals surface area contributed by atoms with E-state index in [9.17, 15) is 14.4 Å². The molecule has 0 aliphatic carbocycles. The summed E-state index contributed by atoms with van der Waals surface area (Å²) in [7, 11) is 0. The van der Waals surface area contributed by atoms with E-state index in [1.54, 1.807) is 6.92 Å². The van der Waals surface area contributed by atoms with Gasteiger partial charge in [-0.3, -0.25) is 9.59 Å². The van der Waals surface area contributed by atoms with Crippen LogP contribution in [0.3, 0.4) is 0 Å². The van der Waals surface area contributed by atoms with Crippen molar-refractivity contribution in [3.63, 3.8) is 0 Å². The van der Waals surface area contributed by atoms with E-state index in [4.69, 9.17) is 5.11 Å². The van der Waals surface area contributed by atoms with Gasteiger partial charge in [-0.2, -0.15) is 0 Å². The number of carbonyl (C=O) groups excluding carboxylic acids is 1. The minimum absolute atomic E-state index is 0.163. The fourth-order valence-corrected chi connectivity index (χ4v) is 1.73. The van der Waals surface area contributed by atoms with Crippen molar-refractivity contribution in [2.45, 2.75) is 33.7 Å². The van der Waals surface area contributed by atoms with E-state index in [0.717, 1.165) is 6.42 Å². The third-order valence-corrected chi connectivity index (χ3v) is 2.97. The van der Waals surface area contributed by atoms with Gasteiger partial charge in [-0.1, -0.05) is 13.8 Å². The van der Waals surface area contributed by atoms with Crippen molar-refractivity contribution < 1.29 is 14.7 Å². The van der Waals surface area contributed by atoms with Crippen LogP contribution in [0.15, 0.2) is 16.9 Å². The molecule has 6 nitrogen and oxygen atoms in total. The first-order valence-electron chi connectivity index (χ1n) is 6.53. The highest BCUT2D eigenvalue weighted by Gasteiger charge is 2.14. The molecule has 110 valence electrons. The molecule has 0 aliphatic heterocycles. The summed E-state index contributed by atoms with van der Waals surface area (Å²) in [6, 6.07) is 2.78. The first-order valence-corrected chi connectivity index (χ1v) is 6.53. The summed E-state index contributed by atoms with van der Waals surface area (Å²) in [5, 5.41) is 11.6. The largest absolute Gasteiger partial charge is 0.477 e. The van der Waals surface area contributed by atoms with Gasteiger partial charge in [0.15, 0.2) is 0 Å². The zero-order valence-corrected chi connectivity index (χ0v) is 12.0. The summed E-state index contributed by atoms with van der Waals surface area (Å²) in [4.78, 5) is 34.6. The van der Waals surface area contributed by atoms with Crippen molar-refractivity contribution in [2.75, 3.05) is 6.54 Å². The van der Waals surface area contributed by atoms with Crippen molar-refractivity contribution in [1.29, 1.82) is 0 Å². The van der Waals surface area contributed by atoms with Crippen molar-refractivity contribution in [3.05, 3.63) is 33.7 Å². The Morgan fingerprint density at radius 3 is 2.55 bits per heavy atom. The van der Waals surface area contributed by atoms with E-state index in [2.05, 4.69) is 19.2 Å². The number of rotatable bonds is 6. The van der Waals surface area contributed by atoms with E-state index in [1.807, 2.05) is 0 Å². The summed E-state index contributed by atoms with van der Waals surface area (Å²) in [5.74, 6) is -1.10. The van der Waals surface area contributed by atoms with Crippen LogP contribution in [0.5, 0.6) is 0 Å². The van der Waals surface area contributed by atoms with Gasteiger partial charge in [0.1, 0.15) is 12.1 Å². The van der Waals surface area contributed by atoms with Crippen LogP contribution in [0.1, 0.15) is 36.3 Å². The van der Waals surface area contributed by atoms with E-state index in [1.165, 1.54) is 16.7 Å². The number of aromatic nitrogens is 1. The Hall–Kier alpha value is -2.11. The molecule has 0 unspecified atom stereocenters. The van der Waals surface area contributed by atoms with Crippen molar-refractivity contribution in [2.24, 2.45) is 5.92 Å². The predicted octanol–water partition coefficient (Wildman–Crippen LogP) is 1.02. The standard InChI is InChI=1S/C14H20N2O4/c1-9(2)6-7-15-12(17)8-16-10(3)4-5-11(13(16)18)14(19)20/h4-5,9H,6-8H2,1-3H3,(H,15,17)(H,19,20). The Balaban J connectivity index is 2.82. The number of nitrogens with zero attached hydrogens (tertiary/aromatic N) is 1. The highest BCUT2D eigenvalue weighted by molar-refractivity contribution is 5.87. The second-order valence-corrected chi connectivity index (χ2v) is 5.12. The molecule has 0 saturated carbocycles. The molecule has 0 fully saturated rings. The summed E-state index contributed by atoms with van der Waals surface area (Å²) < 4.78 is 1.17. The zero-order valence-electron chi connectivity index (χ0n) is 12.0. The van der Waals surface area contributed by atoms with E-state index in [0.29, 0.717) is 18.2 Å². The molecule has 0 aliphatic rings. The van der Waals surface area contributed by atoms with Gasteiger partial charge < -0.3 is 15.0 Å². The number of hydrogen-bond donors (Lipinski definition) is 2. The maximum Gasteiger partial charge on any atom is 0.341 e. The third kappa shape index (κ3) is 4.22. The fraction of sp³-hybridized carbons (Fsp3) is 0.500. The number of carboxylic acid groups (broad SMARTS) is 1. The van der Waals surface area contributed by atoms with Crippen molar-refractivity contribution in [3.8, 4) is 0 Å². The van der Waals surface area contributed by atoms with Crippen LogP contribution < -0.4 is 10.9 Å². The lowest BCUT2D eigenvalue weighted by molar-refractivity contribution is -0.121. The Bertz CT molecular complexity index is 561. The molecule has 1 rings (SSSR count). The first-order chi connectivity index (χ1) is 9.32. The lowest BCUT2D eigenvalue weighted by Gasteiger charge is -2.11. The van der Waals surface area contributed by atoms with Crippen LogP contribution in [0, 0.1) is 12.8 Å².